The number of anilines is 1. The van der Waals surface area contributed by atoms with Crippen LogP contribution in [0.25, 0.3) is 0 Å². The fourth-order valence-corrected chi connectivity index (χ4v) is 5.78. The van der Waals surface area contributed by atoms with E-state index in [4.69, 9.17) is 27.9 Å². The zero-order valence-corrected chi connectivity index (χ0v) is 19.2. The quantitative estimate of drug-likeness (QED) is 0.551. The highest BCUT2D eigenvalue weighted by Crippen LogP contribution is 2.29. The molecule has 1 amide bonds. The fraction of sp³-hybridized carbons (Fsp3) is 0.318. The van der Waals surface area contributed by atoms with E-state index in [1.54, 1.807) is 48.5 Å². The van der Waals surface area contributed by atoms with Crippen LogP contribution in [0.5, 0.6) is 5.75 Å². The Morgan fingerprint density at radius 2 is 1.94 bits per heavy atom. The third-order valence-corrected chi connectivity index (χ3v) is 7.49. The molecule has 2 aromatic rings. The Morgan fingerprint density at radius 3 is 2.65 bits per heavy atom. The third-order valence-electron chi connectivity index (χ3n) is 5.01. The van der Waals surface area contributed by atoms with Gasteiger partial charge in [0.2, 0.25) is 15.9 Å². The molecule has 166 valence electrons. The monoisotopic (exact) mass is 482 g/mol. The van der Waals surface area contributed by atoms with Crippen molar-refractivity contribution >= 4 is 44.8 Å². The van der Waals surface area contributed by atoms with Crippen LogP contribution in [0.1, 0.15) is 18.4 Å². The van der Waals surface area contributed by atoms with E-state index in [9.17, 15) is 13.2 Å². The lowest BCUT2D eigenvalue weighted by atomic mass is 9.98. The van der Waals surface area contributed by atoms with Gasteiger partial charge >= 0.3 is 0 Å². The summed E-state index contributed by atoms with van der Waals surface area (Å²) in [6, 6.07) is 11.9. The first kappa shape index (κ1) is 23.6. The van der Waals surface area contributed by atoms with Gasteiger partial charge < -0.3 is 10.1 Å². The molecular weight excluding hydrogens is 459 g/mol. The fourth-order valence-electron chi connectivity index (χ4n) is 3.42. The summed E-state index contributed by atoms with van der Waals surface area (Å²) in [6.07, 6.45) is 2.84. The minimum atomic E-state index is -3.68. The van der Waals surface area contributed by atoms with Gasteiger partial charge in [0.05, 0.1) is 11.7 Å². The normalized spacial score (nSPS) is 17.2. The van der Waals surface area contributed by atoms with Gasteiger partial charge in [0, 0.05) is 40.5 Å². The summed E-state index contributed by atoms with van der Waals surface area (Å²) in [7, 11) is -3.68. The number of sulfonamides is 1. The number of halogens is 2. The Kier molecular flexibility index (Phi) is 8.00. The molecule has 2 aromatic carbocycles. The first-order chi connectivity index (χ1) is 14.8. The Hall–Kier alpha value is -2.06. The van der Waals surface area contributed by atoms with Crippen molar-refractivity contribution in [3.63, 3.8) is 0 Å². The van der Waals surface area contributed by atoms with Gasteiger partial charge in [-0.25, -0.2) is 12.7 Å². The molecule has 0 saturated carbocycles. The van der Waals surface area contributed by atoms with Crippen molar-refractivity contribution in [1.29, 1.82) is 0 Å². The summed E-state index contributed by atoms with van der Waals surface area (Å²) < 4.78 is 32.8. The highest BCUT2D eigenvalue weighted by Gasteiger charge is 2.33. The van der Waals surface area contributed by atoms with Crippen LogP contribution in [0.2, 0.25) is 10.0 Å². The van der Waals surface area contributed by atoms with E-state index < -0.39 is 15.9 Å². The lowest BCUT2D eigenvalue weighted by molar-refractivity contribution is -0.120. The Morgan fingerprint density at radius 1 is 1.23 bits per heavy atom. The summed E-state index contributed by atoms with van der Waals surface area (Å²) in [4.78, 5) is 12.8. The second-order valence-corrected chi connectivity index (χ2v) is 10.1. The van der Waals surface area contributed by atoms with Crippen molar-refractivity contribution in [2.75, 3.05) is 25.0 Å². The molecule has 0 aliphatic carbocycles. The SMILES string of the molecule is C=CCOc1cccc(NC(=O)[C@H]2CCCN(S(=O)(=O)Cc3c(Cl)cccc3Cl)C2)c1. The number of nitrogens with one attached hydrogen (secondary N) is 1. The van der Waals surface area contributed by atoms with E-state index in [2.05, 4.69) is 11.9 Å². The number of carbonyl (C=O) groups excluding carboxylic acids is 1. The predicted octanol–water partition coefficient (Wildman–Crippen LogP) is 4.74. The molecule has 1 aliphatic heterocycles. The molecule has 1 atom stereocenters. The number of ether oxygens (including phenoxy) is 1. The summed E-state index contributed by atoms with van der Waals surface area (Å²) in [5.41, 5.74) is 0.961. The van der Waals surface area contributed by atoms with Gasteiger partial charge in [-0.05, 0) is 37.1 Å². The molecule has 1 N–H and O–H groups in total. The second kappa shape index (κ2) is 10.5. The van der Waals surface area contributed by atoms with Gasteiger partial charge in [-0.3, -0.25) is 4.79 Å². The maximum absolute atomic E-state index is 13.0. The van der Waals surface area contributed by atoms with E-state index in [0.717, 1.165) is 0 Å². The van der Waals surface area contributed by atoms with Crippen LogP contribution in [0.15, 0.2) is 55.1 Å². The molecule has 0 aromatic heterocycles. The average Bonchev–Trinajstić information content (AvgIpc) is 2.75. The minimum Gasteiger partial charge on any atom is -0.489 e. The van der Waals surface area contributed by atoms with Crippen LogP contribution in [0.4, 0.5) is 5.69 Å². The number of nitrogens with zero attached hydrogens (tertiary/aromatic N) is 1. The van der Waals surface area contributed by atoms with Gasteiger partial charge in [0.15, 0.2) is 0 Å². The Balaban J connectivity index is 1.67. The predicted molar refractivity (Wildman–Crippen MR) is 124 cm³/mol. The topological polar surface area (TPSA) is 75.7 Å². The van der Waals surface area contributed by atoms with E-state index >= 15 is 0 Å². The van der Waals surface area contributed by atoms with Gasteiger partial charge in [0.1, 0.15) is 12.4 Å². The zero-order chi connectivity index (χ0) is 22.4. The van der Waals surface area contributed by atoms with Gasteiger partial charge in [0.25, 0.3) is 0 Å². The molecular formula is C22H24Cl2N2O4S. The second-order valence-electron chi connectivity index (χ2n) is 7.27. The molecule has 0 radical (unpaired) electrons. The van der Waals surface area contributed by atoms with Crippen LogP contribution >= 0.6 is 23.2 Å². The van der Waals surface area contributed by atoms with Crippen LogP contribution in [0, 0.1) is 5.92 Å². The molecule has 9 heteroatoms. The van der Waals surface area contributed by atoms with Crippen molar-refractivity contribution < 1.29 is 17.9 Å². The number of rotatable bonds is 8. The zero-order valence-electron chi connectivity index (χ0n) is 16.9. The van der Waals surface area contributed by atoms with E-state index in [1.165, 1.54) is 4.31 Å². The number of carbonyl (C=O) groups is 1. The van der Waals surface area contributed by atoms with Crippen LogP contribution < -0.4 is 10.1 Å². The summed E-state index contributed by atoms with van der Waals surface area (Å²) >= 11 is 12.3. The Labute approximate surface area is 192 Å². The summed E-state index contributed by atoms with van der Waals surface area (Å²) in [6.45, 7) is 4.44. The van der Waals surface area contributed by atoms with Crippen molar-refractivity contribution in [2.24, 2.45) is 5.92 Å². The maximum Gasteiger partial charge on any atom is 0.228 e. The smallest absolute Gasteiger partial charge is 0.228 e. The molecule has 0 unspecified atom stereocenters. The van der Waals surface area contributed by atoms with Crippen LogP contribution in [-0.2, 0) is 20.6 Å². The minimum absolute atomic E-state index is 0.114. The van der Waals surface area contributed by atoms with Gasteiger partial charge in [-0.2, -0.15) is 0 Å². The summed E-state index contributed by atoms with van der Waals surface area (Å²) in [5.74, 6) is -0.371. The number of hydrogen-bond acceptors (Lipinski definition) is 4. The molecule has 1 fully saturated rings. The van der Waals surface area contributed by atoms with Gasteiger partial charge in [-0.1, -0.05) is 48.0 Å². The Bertz CT molecular complexity index is 1040. The van der Waals surface area contributed by atoms with E-state index in [-0.39, 0.29) is 18.2 Å². The van der Waals surface area contributed by atoms with Crippen molar-refractivity contribution in [3.05, 3.63) is 70.7 Å². The van der Waals surface area contributed by atoms with E-state index in [1.807, 2.05) is 0 Å². The van der Waals surface area contributed by atoms with Crippen molar-refractivity contribution in [3.8, 4) is 5.75 Å². The molecule has 1 saturated heterocycles. The molecule has 1 heterocycles. The largest absolute Gasteiger partial charge is 0.489 e. The molecule has 1 aliphatic rings. The number of piperidine rings is 1. The highest BCUT2D eigenvalue weighted by atomic mass is 35.5. The number of benzene rings is 2. The molecule has 6 nitrogen and oxygen atoms in total. The maximum atomic E-state index is 13.0. The van der Waals surface area contributed by atoms with Gasteiger partial charge in [-0.15, -0.1) is 0 Å². The van der Waals surface area contributed by atoms with Crippen LogP contribution in [-0.4, -0.2) is 38.3 Å². The lowest BCUT2D eigenvalue weighted by Crippen LogP contribution is -2.44. The first-order valence-corrected chi connectivity index (χ1v) is 12.2. The standard InChI is InChI=1S/C22H24Cl2N2O4S/c1-2-12-30-18-8-3-7-17(13-18)25-22(27)16-6-5-11-26(14-16)31(28,29)15-19-20(23)9-4-10-21(19)24/h2-4,7-10,13,16H,1,5-6,11-12,14-15H2,(H,25,27)/t16-/m0/s1. The molecule has 31 heavy (non-hydrogen) atoms. The molecule has 3 rings (SSSR count). The van der Waals surface area contributed by atoms with Crippen molar-refractivity contribution in [2.45, 2.75) is 18.6 Å². The van der Waals surface area contributed by atoms with Crippen LogP contribution in [0.3, 0.4) is 0 Å². The average molecular weight is 483 g/mol. The number of hydrogen-bond donors (Lipinski definition) is 1. The summed E-state index contributed by atoms with van der Waals surface area (Å²) in [5, 5.41) is 3.47. The first-order valence-electron chi connectivity index (χ1n) is 9.85. The number of amides is 1. The third kappa shape index (κ3) is 6.23. The van der Waals surface area contributed by atoms with Crippen molar-refractivity contribution in [1.82, 2.24) is 4.31 Å². The molecule has 0 bridgehead atoms. The lowest BCUT2D eigenvalue weighted by Gasteiger charge is -2.31. The molecule has 0 spiro atoms. The van der Waals surface area contributed by atoms with E-state index in [0.29, 0.717) is 53.0 Å². The highest BCUT2D eigenvalue weighted by molar-refractivity contribution is 7.88.